The van der Waals surface area contributed by atoms with Gasteiger partial charge in [-0.15, -0.1) is 0 Å². The Morgan fingerprint density at radius 3 is 1.46 bits per heavy atom. The van der Waals surface area contributed by atoms with Gasteiger partial charge in [0.2, 0.25) is 11.8 Å². The van der Waals surface area contributed by atoms with Gasteiger partial charge in [0.1, 0.15) is 24.2 Å². The summed E-state index contributed by atoms with van der Waals surface area (Å²) in [5.41, 5.74) is 18.8. The fraction of sp³-hybridized carbons (Fsp3) is 0.907. The molecule has 1 saturated heterocycles. The summed E-state index contributed by atoms with van der Waals surface area (Å²) < 4.78 is 5.99. The van der Waals surface area contributed by atoms with Crippen LogP contribution in [0.3, 0.4) is 0 Å². The van der Waals surface area contributed by atoms with Crippen LogP contribution in [0.15, 0.2) is 0 Å². The zero-order valence-corrected chi connectivity index (χ0v) is 35.2. The number of rotatable bonds is 36. The lowest BCUT2D eigenvalue weighted by Gasteiger charge is -2.53. The number of aliphatic hydroxyl groups is 3. The summed E-state index contributed by atoms with van der Waals surface area (Å²) in [6.45, 7) is 3.75. The molecule has 0 radical (unpaired) electrons. The monoisotopic (exact) mass is 799 g/mol. The highest BCUT2D eigenvalue weighted by Gasteiger charge is 2.60. The lowest BCUT2D eigenvalue weighted by atomic mass is 9.79. The Hall–Kier alpha value is -2.00. The molecule has 13 nitrogen and oxygen atoms in total. The van der Waals surface area contributed by atoms with Crippen LogP contribution in [0.5, 0.6) is 0 Å². The van der Waals surface area contributed by atoms with E-state index in [0.29, 0.717) is 12.8 Å². The first-order valence-electron chi connectivity index (χ1n) is 22.4. The number of nitrogens with two attached hydrogens (primary N) is 3. The minimum Gasteiger partial charge on any atom is -0.481 e. The van der Waals surface area contributed by atoms with Crippen LogP contribution < -0.4 is 17.2 Å². The van der Waals surface area contributed by atoms with Gasteiger partial charge in [-0.3, -0.25) is 24.9 Å². The highest BCUT2D eigenvalue weighted by molar-refractivity contribution is 6.09. The van der Waals surface area contributed by atoms with Crippen LogP contribution in [0, 0.1) is 5.92 Å². The van der Waals surface area contributed by atoms with Crippen LogP contribution in [-0.4, -0.2) is 98.2 Å². The molecule has 328 valence electrons. The summed E-state index contributed by atoms with van der Waals surface area (Å²) in [5.74, 6) is -7.86. The smallest absolute Gasteiger partial charge is 0.303 e. The van der Waals surface area contributed by atoms with E-state index in [1.807, 2.05) is 0 Å². The Bertz CT molecular complexity index is 1080. The number of Topliss-reactive ketones (excluding diaryl/α,β-unsaturated/α-hetero) is 2. The van der Waals surface area contributed by atoms with Gasteiger partial charge in [0.25, 0.3) is 0 Å². The second kappa shape index (κ2) is 31.0. The highest BCUT2D eigenvalue weighted by Crippen LogP contribution is 2.36. The van der Waals surface area contributed by atoms with E-state index in [9.17, 15) is 34.5 Å². The van der Waals surface area contributed by atoms with Crippen molar-refractivity contribution in [3.8, 4) is 0 Å². The van der Waals surface area contributed by atoms with Crippen molar-refractivity contribution in [1.82, 2.24) is 4.90 Å². The molecule has 1 heterocycles. The molecule has 0 aromatic carbocycles. The largest absolute Gasteiger partial charge is 0.481 e. The second-order valence-electron chi connectivity index (χ2n) is 16.3. The van der Waals surface area contributed by atoms with Gasteiger partial charge in [-0.25, -0.2) is 0 Å². The Morgan fingerprint density at radius 1 is 0.643 bits per heavy atom. The Morgan fingerprint density at radius 2 is 1.05 bits per heavy atom. The quantitative estimate of drug-likeness (QED) is 0.0220. The number of unbranched alkanes of at least 4 members (excludes halogenated alkanes) is 23. The number of aliphatic carboxylic acids is 1. The number of carbonyl (C=O) groups excluding carboxylic acids is 3. The number of ketones is 2. The molecule has 7 atom stereocenters. The van der Waals surface area contributed by atoms with Crippen molar-refractivity contribution in [2.75, 3.05) is 13.2 Å². The van der Waals surface area contributed by atoms with E-state index in [4.69, 9.17) is 27.0 Å². The fourth-order valence-electron chi connectivity index (χ4n) is 7.82. The van der Waals surface area contributed by atoms with E-state index in [-0.39, 0.29) is 19.4 Å². The molecule has 0 bridgehead atoms. The van der Waals surface area contributed by atoms with Gasteiger partial charge in [-0.05, 0) is 19.3 Å². The number of hydrogen-bond donors (Lipinski definition) is 7. The number of aliphatic hydroxyl groups excluding tert-OH is 3. The van der Waals surface area contributed by atoms with Crippen LogP contribution in [0.25, 0.3) is 0 Å². The zero-order chi connectivity index (χ0) is 41.8. The van der Waals surface area contributed by atoms with Crippen LogP contribution in [-0.2, 0) is 23.9 Å². The van der Waals surface area contributed by atoms with Crippen LogP contribution >= 0.6 is 0 Å². The molecule has 1 rings (SSSR count). The molecule has 1 aliphatic rings. The normalized spacial score (nSPS) is 22.1. The van der Waals surface area contributed by atoms with Gasteiger partial charge >= 0.3 is 5.97 Å². The van der Waals surface area contributed by atoms with E-state index in [0.717, 1.165) is 51.4 Å². The van der Waals surface area contributed by atoms with Gasteiger partial charge in [0, 0.05) is 19.4 Å². The highest BCUT2D eigenvalue weighted by atomic mass is 16.6. The second-order valence-corrected chi connectivity index (χ2v) is 16.3. The maximum absolute atomic E-state index is 14.0. The number of nitrogens with zero attached hydrogens (tertiary/aromatic N) is 1. The predicted molar refractivity (Wildman–Crippen MR) is 220 cm³/mol. The number of carboxylic acid groups (broad SMARTS) is 1. The number of ether oxygens (including phenoxy) is 1. The van der Waals surface area contributed by atoms with Gasteiger partial charge in [-0.2, -0.15) is 0 Å². The summed E-state index contributed by atoms with van der Waals surface area (Å²) in [6, 6.07) is -3.32. The summed E-state index contributed by atoms with van der Waals surface area (Å²) in [5, 5.41) is 41.3. The molecule has 10 N–H and O–H groups in total. The minimum atomic E-state index is -2.35. The number of carboxylic acids is 1. The van der Waals surface area contributed by atoms with Crippen LogP contribution in [0.4, 0.5) is 0 Å². The Labute approximate surface area is 338 Å². The molecular weight excluding hydrogens is 716 g/mol. The maximum Gasteiger partial charge on any atom is 0.303 e. The van der Waals surface area contributed by atoms with E-state index in [1.165, 1.54) is 101 Å². The molecule has 1 amide bonds. The molecule has 1 unspecified atom stereocenters. The summed E-state index contributed by atoms with van der Waals surface area (Å²) in [4.78, 5) is 53.4. The average molecular weight is 799 g/mol. The van der Waals surface area contributed by atoms with Crippen molar-refractivity contribution >= 4 is 23.4 Å². The zero-order valence-electron chi connectivity index (χ0n) is 35.2. The molecule has 1 aliphatic heterocycles. The molecule has 0 aliphatic carbocycles. The van der Waals surface area contributed by atoms with Crippen molar-refractivity contribution in [2.24, 2.45) is 23.1 Å². The third-order valence-corrected chi connectivity index (χ3v) is 11.4. The minimum absolute atomic E-state index is 0.0806. The first-order chi connectivity index (χ1) is 26.9. The molecule has 56 heavy (non-hydrogen) atoms. The van der Waals surface area contributed by atoms with Crippen molar-refractivity contribution in [2.45, 2.75) is 230 Å². The van der Waals surface area contributed by atoms with Gasteiger partial charge in [-0.1, -0.05) is 162 Å². The Kier molecular flexibility index (Phi) is 28.8. The molecule has 0 spiro atoms. The first-order valence-corrected chi connectivity index (χ1v) is 22.4. The summed E-state index contributed by atoms with van der Waals surface area (Å²) in [6.07, 6.45) is 22.4. The van der Waals surface area contributed by atoms with Gasteiger partial charge in [0.05, 0.1) is 18.8 Å². The SMILES string of the molecule is CCCCCCCCCCCCCCCCCCN(C(=O)CCCCCCCCCCC)[C@]1(N)O[C@H](CO)[C@@H](O)[C@H](O)[C@H]1C(=O)C(N)C(=O)[C@@H](N)CCC(=O)O. The topological polar surface area (TPSA) is 240 Å². The molecule has 0 aromatic rings. The van der Waals surface area contributed by atoms with Gasteiger partial charge in [0.15, 0.2) is 11.6 Å². The van der Waals surface area contributed by atoms with Crippen molar-refractivity contribution in [1.29, 1.82) is 0 Å². The molecule has 1 fully saturated rings. The van der Waals surface area contributed by atoms with E-state index < -0.39 is 78.6 Å². The van der Waals surface area contributed by atoms with E-state index in [1.54, 1.807) is 0 Å². The lowest BCUT2D eigenvalue weighted by Crippen LogP contribution is -2.76. The summed E-state index contributed by atoms with van der Waals surface area (Å²) >= 11 is 0. The van der Waals surface area contributed by atoms with Crippen molar-refractivity contribution in [3.63, 3.8) is 0 Å². The van der Waals surface area contributed by atoms with Crippen LogP contribution in [0.1, 0.15) is 194 Å². The lowest BCUT2D eigenvalue weighted by molar-refractivity contribution is -0.291. The number of carbonyl (C=O) groups is 4. The van der Waals surface area contributed by atoms with Crippen LogP contribution in [0.2, 0.25) is 0 Å². The number of amides is 1. The fourth-order valence-corrected chi connectivity index (χ4v) is 7.82. The predicted octanol–water partition coefficient (Wildman–Crippen LogP) is 6.00. The van der Waals surface area contributed by atoms with Crippen molar-refractivity contribution in [3.05, 3.63) is 0 Å². The third kappa shape index (κ3) is 19.6. The summed E-state index contributed by atoms with van der Waals surface area (Å²) in [7, 11) is 0. The standard InChI is InChI=1S/C43H82N4O9/c1-3-5-7-9-11-13-14-15-16-17-18-19-21-23-25-27-31-47(35(49)28-26-24-22-20-12-10-8-6-4-2)43(46)37(42(55)40(53)34(32-48)56-43)41(54)38(45)39(52)33(44)29-30-36(50)51/h33-34,37-38,40,42,48,53,55H,3-32,44-46H2,1-2H3,(H,50,51)/t33-,34+,37+,38?,40+,42+,43-/m0/s1. The molecule has 0 saturated carbocycles. The van der Waals surface area contributed by atoms with Gasteiger partial charge < -0.3 is 41.5 Å². The maximum atomic E-state index is 14.0. The van der Waals surface area contributed by atoms with E-state index >= 15 is 0 Å². The molecular formula is C43H82N4O9. The molecule has 0 aromatic heterocycles. The van der Waals surface area contributed by atoms with E-state index in [2.05, 4.69) is 13.8 Å². The van der Waals surface area contributed by atoms with Crippen molar-refractivity contribution < 1.29 is 44.3 Å². The third-order valence-electron chi connectivity index (χ3n) is 11.4. The average Bonchev–Trinajstić information content (AvgIpc) is 3.18. The number of hydrogen-bond acceptors (Lipinski definition) is 11. The first kappa shape index (κ1) is 52.0. The molecule has 13 heteroatoms. The Balaban J connectivity index is 2.97.